The average Bonchev–Trinajstić information content (AvgIpc) is 3.41. The summed E-state index contributed by atoms with van der Waals surface area (Å²) < 4.78 is 41.2. The molecule has 1 fully saturated rings. The van der Waals surface area contributed by atoms with Crippen LogP contribution >= 0.6 is 11.3 Å². The van der Waals surface area contributed by atoms with Crippen molar-refractivity contribution >= 4 is 33.0 Å². The Labute approximate surface area is 184 Å². The molecule has 4 rings (SSSR count). The van der Waals surface area contributed by atoms with Gasteiger partial charge in [0.15, 0.2) is 0 Å². The standard InChI is InChI=1S/C21H21FN4O3S2/c1-13-5-6-14(2)18(12-13)31(28,29)26-11-3-4-17(26)20-24-25-21(30-20)19(27)23-16-9-7-15(22)8-10-16/h5-10,12,17H,3-4,11H2,1-2H3,(H,23,27)/t17-/m0/s1. The van der Waals surface area contributed by atoms with Crippen LogP contribution in [-0.4, -0.2) is 35.4 Å². The second-order valence-corrected chi connectivity index (χ2v) is 10.3. The highest BCUT2D eigenvalue weighted by Crippen LogP contribution is 2.38. The predicted molar refractivity (Wildman–Crippen MR) is 116 cm³/mol. The summed E-state index contributed by atoms with van der Waals surface area (Å²) in [5.74, 6) is -0.875. The number of aryl methyl sites for hydroxylation is 2. The Morgan fingerprint density at radius 2 is 1.90 bits per heavy atom. The summed E-state index contributed by atoms with van der Waals surface area (Å²) in [5.41, 5.74) is 1.99. The number of nitrogens with zero attached hydrogens (tertiary/aromatic N) is 3. The minimum absolute atomic E-state index is 0.121. The van der Waals surface area contributed by atoms with Crippen LogP contribution in [0.1, 0.15) is 44.8 Å². The zero-order valence-electron chi connectivity index (χ0n) is 17.0. The van der Waals surface area contributed by atoms with Gasteiger partial charge in [-0.2, -0.15) is 4.31 Å². The number of carbonyl (C=O) groups is 1. The van der Waals surface area contributed by atoms with E-state index in [4.69, 9.17) is 0 Å². The van der Waals surface area contributed by atoms with Crippen LogP contribution in [0.3, 0.4) is 0 Å². The van der Waals surface area contributed by atoms with Crippen molar-refractivity contribution < 1.29 is 17.6 Å². The molecule has 1 aliphatic heterocycles. The second-order valence-electron chi connectivity index (χ2n) is 7.45. The second kappa shape index (κ2) is 8.45. The molecule has 2 heterocycles. The summed E-state index contributed by atoms with van der Waals surface area (Å²) in [6, 6.07) is 10.3. The maximum absolute atomic E-state index is 13.4. The molecule has 0 saturated carbocycles. The van der Waals surface area contributed by atoms with E-state index in [9.17, 15) is 17.6 Å². The highest BCUT2D eigenvalue weighted by Gasteiger charge is 2.39. The number of nitrogens with one attached hydrogen (secondary N) is 1. The molecule has 1 aliphatic rings. The average molecular weight is 461 g/mol. The van der Waals surface area contributed by atoms with Crippen molar-refractivity contribution in [3.63, 3.8) is 0 Å². The van der Waals surface area contributed by atoms with Gasteiger partial charge in [0.25, 0.3) is 5.91 Å². The highest BCUT2D eigenvalue weighted by atomic mass is 32.2. The van der Waals surface area contributed by atoms with Gasteiger partial charge >= 0.3 is 0 Å². The number of aromatic nitrogens is 2. The van der Waals surface area contributed by atoms with Crippen LogP contribution in [0.25, 0.3) is 0 Å². The summed E-state index contributed by atoms with van der Waals surface area (Å²) in [6.45, 7) is 4.02. The zero-order valence-corrected chi connectivity index (χ0v) is 18.6. The van der Waals surface area contributed by atoms with Gasteiger partial charge in [-0.1, -0.05) is 23.5 Å². The van der Waals surface area contributed by atoms with E-state index in [2.05, 4.69) is 15.5 Å². The maximum atomic E-state index is 13.4. The predicted octanol–water partition coefficient (Wildman–Crippen LogP) is 4.07. The fourth-order valence-electron chi connectivity index (χ4n) is 3.56. The molecule has 0 spiro atoms. The van der Waals surface area contributed by atoms with Crippen molar-refractivity contribution in [2.45, 2.75) is 37.6 Å². The van der Waals surface area contributed by atoms with E-state index in [0.717, 1.165) is 16.9 Å². The molecule has 0 bridgehead atoms. The Morgan fingerprint density at radius 3 is 2.65 bits per heavy atom. The summed E-state index contributed by atoms with van der Waals surface area (Å²) in [4.78, 5) is 12.8. The lowest BCUT2D eigenvalue weighted by molar-refractivity contribution is 0.102. The molecule has 0 radical (unpaired) electrons. The molecule has 31 heavy (non-hydrogen) atoms. The number of sulfonamides is 1. The molecular formula is C21H21FN4O3S2. The van der Waals surface area contributed by atoms with Gasteiger partial charge in [0.05, 0.1) is 10.9 Å². The molecule has 1 saturated heterocycles. The van der Waals surface area contributed by atoms with Crippen LogP contribution < -0.4 is 5.32 Å². The van der Waals surface area contributed by atoms with Crippen molar-refractivity contribution in [3.05, 3.63) is 69.4 Å². The third kappa shape index (κ3) is 4.36. The monoisotopic (exact) mass is 460 g/mol. The molecule has 3 aromatic rings. The van der Waals surface area contributed by atoms with Crippen LogP contribution in [0, 0.1) is 19.7 Å². The van der Waals surface area contributed by atoms with Crippen LogP contribution in [0.4, 0.5) is 10.1 Å². The molecule has 7 nitrogen and oxygen atoms in total. The molecule has 0 aliphatic carbocycles. The van der Waals surface area contributed by atoms with Crippen molar-refractivity contribution in [1.29, 1.82) is 0 Å². The number of hydrogen-bond acceptors (Lipinski definition) is 6. The Balaban J connectivity index is 1.57. The van der Waals surface area contributed by atoms with Gasteiger partial charge in [-0.15, -0.1) is 10.2 Å². The summed E-state index contributed by atoms with van der Waals surface area (Å²) in [6.07, 6.45) is 1.31. The molecule has 0 unspecified atom stereocenters. The first kappa shape index (κ1) is 21.5. The molecule has 2 aromatic carbocycles. The van der Waals surface area contributed by atoms with Gasteiger partial charge in [-0.3, -0.25) is 4.79 Å². The van der Waals surface area contributed by atoms with Crippen LogP contribution in [0.5, 0.6) is 0 Å². The quantitative estimate of drug-likeness (QED) is 0.620. The lowest BCUT2D eigenvalue weighted by atomic mass is 10.2. The Morgan fingerprint density at radius 1 is 1.16 bits per heavy atom. The molecule has 1 N–H and O–H groups in total. The number of amides is 1. The van der Waals surface area contributed by atoms with E-state index in [1.54, 1.807) is 19.1 Å². The molecule has 1 amide bonds. The number of anilines is 1. The number of carbonyl (C=O) groups excluding carboxylic acids is 1. The molecule has 10 heteroatoms. The first-order valence-corrected chi connectivity index (χ1v) is 12.0. The zero-order chi connectivity index (χ0) is 22.2. The van der Waals surface area contributed by atoms with Gasteiger partial charge in [0.1, 0.15) is 10.8 Å². The fourth-order valence-corrected chi connectivity index (χ4v) is 6.49. The van der Waals surface area contributed by atoms with Crippen LogP contribution in [0.2, 0.25) is 0 Å². The fraction of sp³-hybridized carbons (Fsp3) is 0.286. The van der Waals surface area contributed by atoms with Gasteiger partial charge < -0.3 is 5.32 Å². The van der Waals surface area contributed by atoms with E-state index < -0.39 is 27.8 Å². The van der Waals surface area contributed by atoms with Crippen molar-refractivity contribution in [1.82, 2.24) is 14.5 Å². The number of rotatable bonds is 5. The highest BCUT2D eigenvalue weighted by molar-refractivity contribution is 7.89. The van der Waals surface area contributed by atoms with Crippen LogP contribution in [-0.2, 0) is 10.0 Å². The van der Waals surface area contributed by atoms with Crippen molar-refractivity contribution in [2.75, 3.05) is 11.9 Å². The molecular weight excluding hydrogens is 439 g/mol. The van der Waals surface area contributed by atoms with E-state index in [1.807, 2.05) is 13.0 Å². The Bertz CT molecular complexity index is 1230. The number of benzene rings is 2. The van der Waals surface area contributed by atoms with Gasteiger partial charge in [-0.25, -0.2) is 12.8 Å². The molecule has 162 valence electrons. The summed E-state index contributed by atoms with van der Waals surface area (Å²) in [7, 11) is -3.72. The lowest BCUT2D eigenvalue weighted by Gasteiger charge is -2.23. The smallest absolute Gasteiger partial charge is 0.286 e. The van der Waals surface area contributed by atoms with Crippen molar-refractivity contribution in [2.24, 2.45) is 0 Å². The molecule has 1 atom stereocenters. The van der Waals surface area contributed by atoms with Crippen LogP contribution in [0.15, 0.2) is 47.4 Å². The minimum Gasteiger partial charge on any atom is -0.320 e. The summed E-state index contributed by atoms with van der Waals surface area (Å²) >= 11 is 1.07. The third-order valence-electron chi connectivity index (χ3n) is 5.16. The van der Waals surface area contributed by atoms with Gasteiger partial charge in [0.2, 0.25) is 15.0 Å². The number of hydrogen-bond donors (Lipinski definition) is 1. The number of halogens is 1. The van der Waals surface area contributed by atoms with E-state index in [-0.39, 0.29) is 9.90 Å². The lowest BCUT2D eigenvalue weighted by Crippen LogP contribution is -2.31. The topological polar surface area (TPSA) is 92.3 Å². The van der Waals surface area contributed by atoms with E-state index >= 15 is 0 Å². The van der Waals surface area contributed by atoms with Gasteiger partial charge in [0, 0.05) is 12.2 Å². The minimum atomic E-state index is -3.72. The molecule has 1 aromatic heterocycles. The first-order valence-electron chi connectivity index (χ1n) is 9.75. The van der Waals surface area contributed by atoms with E-state index in [0.29, 0.717) is 35.6 Å². The Hall–Kier alpha value is -2.69. The Kier molecular flexibility index (Phi) is 5.87. The SMILES string of the molecule is Cc1ccc(C)c(S(=O)(=O)N2CCC[C@H]2c2nnc(C(=O)Nc3ccc(F)cc3)s2)c1. The van der Waals surface area contributed by atoms with Gasteiger partial charge in [-0.05, 0) is 68.1 Å². The third-order valence-corrected chi connectivity index (χ3v) is 8.23. The first-order chi connectivity index (χ1) is 14.8. The summed E-state index contributed by atoms with van der Waals surface area (Å²) in [5, 5.41) is 11.3. The van der Waals surface area contributed by atoms with Crippen molar-refractivity contribution in [3.8, 4) is 0 Å². The van der Waals surface area contributed by atoms with E-state index in [1.165, 1.54) is 28.6 Å². The largest absolute Gasteiger partial charge is 0.320 e. The maximum Gasteiger partial charge on any atom is 0.286 e. The normalized spacial score (nSPS) is 17.1.